The van der Waals surface area contributed by atoms with E-state index in [0.717, 1.165) is 24.7 Å². The number of nitrogens with one attached hydrogen (secondary N) is 1. The molecule has 19 heavy (non-hydrogen) atoms. The minimum Gasteiger partial charge on any atom is -0.492 e. The smallest absolute Gasteiger partial charge is 0.140 e. The molecular weight excluding hydrogens is 240 g/mol. The lowest BCUT2D eigenvalue weighted by atomic mass is 10.2. The fraction of sp³-hybridized carbons (Fsp3) is 0.429. The molecule has 5 heteroatoms. The summed E-state index contributed by atoms with van der Waals surface area (Å²) in [4.78, 5) is 4.20. The minimum atomic E-state index is 0.643. The van der Waals surface area contributed by atoms with Crippen molar-refractivity contribution in [2.75, 3.05) is 13.2 Å². The first-order chi connectivity index (χ1) is 9.29. The van der Waals surface area contributed by atoms with Gasteiger partial charge < -0.3 is 10.1 Å². The molecule has 0 spiro atoms. The molecule has 0 aliphatic rings. The van der Waals surface area contributed by atoms with Gasteiger partial charge in [-0.25, -0.2) is 9.67 Å². The first-order valence-corrected chi connectivity index (χ1v) is 6.56. The second-order valence-corrected chi connectivity index (χ2v) is 4.33. The Kier molecular flexibility index (Phi) is 4.92. The number of nitrogens with zero attached hydrogens (tertiary/aromatic N) is 3. The molecule has 1 aromatic carbocycles. The Morgan fingerprint density at radius 2 is 2.26 bits per heavy atom. The Bertz CT molecular complexity index is 510. The largest absolute Gasteiger partial charge is 0.492 e. The van der Waals surface area contributed by atoms with E-state index in [1.165, 1.54) is 5.56 Å². The average molecular weight is 260 g/mol. The van der Waals surface area contributed by atoms with E-state index in [0.29, 0.717) is 13.2 Å². The van der Waals surface area contributed by atoms with Crippen LogP contribution < -0.4 is 10.1 Å². The fourth-order valence-electron chi connectivity index (χ4n) is 1.84. The minimum absolute atomic E-state index is 0.643. The van der Waals surface area contributed by atoms with Crippen LogP contribution in [0.3, 0.4) is 0 Å². The Morgan fingerprint density at radius 3 is 3.05 bits per heavy atom. The van der Waals surface area contributed by atoms with Gasteiger partial charge >= 0.3 is 0 Å². The summed E-state index contributed by atoms with van der Waals surface area (Å²) in [5, 5.41) is 7.42. The van der Waals surface area contributed by atoms with Crippen molar-refractivity contribution in [2.24, 2.45) is 0 Å². The van der Waals surface area contributed by atoms with E-state index in [4.69, 9.17) is 4.74 Å². The lowest BCUT2D eigenvalue weighted by Gasteiger charge is -2.08. The van der Waals surface area contributed by atoms with Crippen molar-refractivity contribution < 1.29 is 4.74 Å². The van der Waals surface area contributed by atoms with Gasteiger partial charge in [-0.15, -0.1) is 0 Å². The van der Waals surface area contributed by atoms with Crippen LogP contribution in [0.1, 0.15) is 18.3 Å². The fourth-order valence-corrected chi connectivity index (χ4v) is 1.84. The van der Waals surface area contributed by atoms with Gasteiger partial charge in [-0.3, -0.25) is 0 Å². The predicted molar refractivity (Wildman–Crippen MR) is 74.1 cm³/mol. The molecule has 2 rings (SSSR count). The van der Waals surface area contributed by atoms with Gasteiger partial charge in [0.2, 0.25) is 0 Å². The van der Waals surface area contributed by atoms with Gasteiger partial charge in [0.1, 0.15) is 24.5 Å². The summed E-state index contributed by atoms with van der Waals surface area (Å²) in [5.74, 6) is 1.87. The summed E-state index contributed by atoms with van der Waals surface area (Å²) >= 11 is 0. The van der Waals surface area contributed by atoms with E-state index in [2.05, 4.69) is 35.3 Å². The molecule has 0 bridgehead atoms. The summed E-state index contributed by atoms with van der Waals surface area (Å²) in [5.41, 5.74) is 1.21. The van der Waals surface area contributed by atoms with Crippen molar-refractivity contribution in [3.63, 3.8) is 0 Å². The highest BCUT2D eigenvalue weighted by Crippen LogP contribution is 2.11. The highest BCUT2D eigenvalue weighted by atomic mass is 16.5. The zero-order valence-electron chi connectivity index (χ0n) is 11.5. The van der Waals surface area contributed by atoms with Crippen molar-refractivity contribution in [1.29, 1.82) is 0 Å². The Labute approximate surface area is 113 Å². The third-order valence-corrected chi connectivity index (χ3v) is 2.82. The SMILES string of the molecule is CCn1ncnc1CNCCOc1cccc(C)c1. The van der Waals surface area contributed by atoms with Crippen molar-refractivity contribution in [2.45, 2.75) is 26.9 Å². The van der Waals surface area contributed by atoms with Gasteiger partial charge in [0.25, 0.3) is 0 Å². The van der Waals surface area contributed by atoms with Gasteiger partial charge in [0.15, 0.2) is 0 Å². The molecule has 1 aromatic heterocycles. The van der Waals surface area contributed by atoms with Crippen LogP contribution in [0.4, 0.5) is 0 Å². The van der Waals surface area contributed by atoms with Crippen molar-refractivity contribution >= 4 is 0 Å². The van der Waals surface area contributed by atoms with Crippen molar-refractivity contribution in [3.05, 3.63) is 42.0 Å². The zero-order valence-corrected chi connectivity index (χ0v) is 11.5. The molecule has 5 nitrogen and oxygen atoms in total. The number of hydrogen-bond donors (Lipinski definition) is 1. The van der Waals surface area contributed by atoms with E-state index >= 15 is 0 Å². The highest BCUT2D eigenvalue weighted by Gasteiger charge is 2.01. The molecule has 2 aromatic rings. The highest BCUT2D eigenvalue weighted by molar-refractivity contribution is 5.27. The van der Waals surface area contributed by atoms with Gasteiger partial charge in [-0.1, -0.05) is 12.1 Å². The third-order valence-electron chi connectivity index (χ3n) is 2.82. The second-order valence-electron chi connectivity index (χ2n) is 4.33. The lowest BCUT2D eigenvalue weighted by Crippen LogP contribution is -2.22. The molecule has 0 unspecified atom stereocenters. The summed E-state index contributed by atoms with van der Waals surface area (Å²) in [6.07, 6.45) is 1.59. The van der Waals surface area contributed by atoms with Gasteiger partial charge in [-0.2, -0.15) is 5.10 Å². The lowest BCUT2D eigenvalue weighted by molar-refractivity contribution is 0.312. The molecule has 102 valence electrons. The standard InChI is InChI=1S/C14H20N4O/c1-3-18-14(16-11-17-18)10-15-7-8-19-13-6-4-5-12(2)9-13/h4-6,9,11,15H,3,7-8,10H2,1-2H3. The maximum atomic E-state index is 5.66. The average Bonchev–Trinajstić information content (AvgIpc) is 2.86. The number of aryl methyl sites for hydroxylation is 2. The first kappa shape index (κ1) is 13.5. The third kappa shape index (κ3) is 4.06. The maximum Gasteiger partial charge on any atom is 0.140 e. The zero-order chi connectivity index (χ0) is 13.5. The number of aromatic nitrogens is 3. The van der Waals surface area contributed by atoms with Crippen molar-refractivity contribution in [1.82, 2.24) is 20.1 Å². The van der Waals surface area contributed by atoms with Gasteiger partial charge in [0, 0.05) is 13.1 Å². The monoisotopic (exact) mass is 260 g/mol. The predicted octanol–water partition coefficient (Wildman–Crippen LogP) is 1.78. The topological polar surface area (TPSA) is 52.0 Å². The summed E-state index contributed by atoms with van der Waals surface area (Å²) in [7, 11) is 0. The number of benzene rings is 1. The van der Waals surface area contributed by atoms with Crippen LogP contribution >= 0.6 is 0 Å². The molecule has 0 radical (unpaired) electrons. The molecule has 0 saturated heterocycles. The van der Waals surface area contributed by atoms with E-state index in [-0.39, 0.29) is 0 Å². The number of rotatable bonds is 7. The Balaban J connectivity index is 1.67. The second kappa shape index (κ2) is 6.89. The Hall–Kier alpha value is -1.88. The van der Waals surface area contributed by atoms with Crippen LogP contribution in [0, 0.1) is 6.92 Å². The van der Waals surface area contributed by atoms with E-state index in [1.54, 1.807) is 6.33 Å². The van der Waals surface area contributed by atoms with Crippen LogP contribution in [0.2, 0.25) is 0 Å². The van der Waals surface area contributed by atoms with Gasteiger partial charge in [-0.05, 0) is 31.5 Å². The van der Waals surface area contributed by atoms with Crippen molar-refractivity contribution in [3.8, 4) is 5.75 Å². The molecule has 0 atom stereocenters. The number of ether oxygens (including phenoxy) is 1. The molecule has 0 fully saturated rings. The molecule has 0 amide bonds. The molecule has 0 aliphatic carbocycles. The summed E-state index contributed by atoms with van der Waals surface area (Å²) < 4.78 is 7.54. The van der Waals surface area contributed by atoms with Crippen LogP contribution in [0.15, 0.2) is 30.6 Å². The van der Waals surface area contributed by atoms with Crippen LogP contribution in [-0.4, -0.2) is 27.9 Å². The maximum absolute atomic E-state index is 5.66. The molecule has 0 aliphatic heterocycles. The van der Waals surface area contributed by atoms with Crippen LogP contribution in [0.5, 0.6) is 5.75 Å². The Morgan fingerprint density at radius 1 is 1.37 bits per heavy atom. The van der Waals surface area contributed by atoms with E-state index in [9.17, 15) is 0 Å². The molecule has 0 saturated carbocycles. The van der Waals surface area contributed by atoms with Crippen LogP contribution in [-0.2, 0) is 13.1 Å². The first-order valence-electron chi connectivity index (χ1n) is 6.56. The molecular formula is C14H20N4O. The molecule has 1 heterocycles. The van der Waals surface area contributed by atoms with E-state index < -0.39 is 0 Å². The summed E-state index contributed by atoms with van der Waals surface area (Å²) in [6.45, 7) is 7.10. The number of hydrogen-bond acceptors (Lipinski definition) is 4. The molecule has 1 N–H and O–H groups in total. The quantitative estimate of drug-likeness (QED) is 0.771. The van der Waals surface area contributed by atoms with Gasteiger partial charge in [0.05, 0.1) is 6.54 Å². The summed E-state index contributed by atoms with van der Waals surface area (Å²) in [6, 6.07) is 8.07. The normalized spacial score (nSPS) is 10.6. The van der Waals surface area contributed by atoms with E-state index in [1.807, 2.05) is 22.9 Å². The van der Waals surface area contributed by atoms with Crippen LogP contribution in [0.25, 0.3) is 0 Å².